The van der Waals surface area contributed by atoms with Gasteiger partial charge >= 0.3 is 0 Å². The molecule has 0 unspecified atom stereocenters. The maximum absolute atomic E-state index is 10.8. The molecule has 0 aliphatic heterocycles. The summed E-state index contributed by atoms with van der Waals surface area (Å²) in [7, 11) is 0. The molecule has 0 saturated heterocycles. The minimum absolute atomic E-state index is 0. The van der Waals surface area contributed by atoms with E-state index in [2.05, 4.69) is 10.1 Å². The van der Waals surface area contributed by atoms with Gasteiger partial charge in [0.05, 0.1) is 15.9 Å². The number of rotatable bonds is 4. The van der Waals surface area contributed by atoms with Crippen molar-refractivity contribution in [1.29, 1.82) is 0 Å². The van der Waals surface area contributed by atoms with Gasteiger partial charge < -0.3 is 10.3 Å². The van der Waals surface area contributed by atoms with E-state index in [9.17, 15) is 10.1 Å². The fourth-order valence-electron chi connectivity index (χ4n) is 3.03. The first-order valence-electron chi connectivity index (χ1n) is 7.71. The van der Waals surface area contributed by atoms with E-state index in [0.717, 1.165) is 31.2 Å². The summed E-state index contributed by atoms with van der Waals surface area (Å²) in [5, 5.41) is 14.9. The van der Waals surface area contributed by atoms with E-state index in [1.807, 2.05) is 13.8 Å². The van der Waals surface area contributed by atoms with Crippen molar-refractivity contribution in [2.24, 2.45) is 5.73 Å². The van der Waals surface area contributed by atoms with Gasteiger partial charge in [-0.05, 0) is 32.3 Å². The van der Waals surface area contributed by atoms with Gasteiger partial charge in [-0.25, -0.2) is 0 Å². The molecule has 1 aromatic heterocycles. The Labute approximate surface area is 146 Å². The molecular formula is C16H21ClN4O3. The number of halogens is 1. The summed E-state index contributed by atoms with van der Waals surface area (Å²) in [4.78, 5) is 14.9. The van der Waals surface area contributed by atoms with Crippen molar-refractivity contribution in [1.82, 2.24) is 10.1 Å². The van der Waals surface area contributed by atoms with Crippen LogP contribution in [0.3, 0.4) is 0 Å². The second kappa shape index (κ2) is 6.49. The summed E-state index contributed by atoms with van der Waals surface area (Å²) in [6.07, 6.45) is 3.88. The normalized spacial score (nSPS) is 16.6. The second-order valence-corrected chi connectivity index (χ2v) is 6.72. The summed E-state index contributed by atoms with van der Waals surface area (Å²) in [6, 6.07) is 6.40. The molecule has 1 aliphatic rings. The Balaban J connectivity index is 0.00000208. The highest BCUT2D eigenvalue weighted by Crippen LogP contribution is 2.37. The van der Waals surface area contributed by atoms with Gasteiger partial charge in [-0.2, -0.15) is 4.98 Å². The average Bonchev–Trinajstić information content (AvgIpc) is 3.17. The van der Waals surface area contributed by atoms with Gasteiger partial charge in [0.2, 0.25) is 5.89 Å². The number of nitrogens with zero attached hydrogens (tertiary/aromatic N) is 3. The zero-order valence-corrected chi connectivity index (χ0v) is 14.5. The van der Waals surface area contributed by atoms with Crippen LogP contribution in [0.2, 0.25) is 0 Å². The highest BCUT2D eigenvalue weighted by molar-refractivity contribution is 5.85. The van der Waals surface area contributed by atoms with Crippen LogP contribution in [0.5, 0.6) is 0 Å². The van der Waals surface area contributed by atoms with Crippen LogP contribution in [0.4, 0.5) is 5.69 Å². The van der Waals surface area contributed by atoms with Gasteiger partial charge in [-0.1, -0.05) is 30.1 Å². The van der Waals surface area contributed by atoms with E-state index >= 15 is 0 Å². The number of nitro groups is 1. The smallest absolute Gasteiger partial charge is 0.269 e. The Morgan fingerprint density at radius 3 is 2.38 bits per heavy atom. The lowest BCUT2D eigenvalue weighted by atomic mass is 9.84. The predicted octanol–water partition coefficient (Wildman–Crippen LogP) is 3.45. The highest BCUT2D eigenvalue weighted by Gasteiger charge is 2.38. The van der Waals surface area contributed by atoms with Crippen molar-refractivity contribution < 1.29 is 9.45 Å². The van der Waals surface area contributed by atoms with Crippen molar-refractivity contribution in [2.75, 3.05) is 0 Å². The van der Waals surface area contributed by atoms with E-state index in [4.69, 9.17) is 10.3 Å². The lowest BCUT2D eigenvalue weighted by Gasteiger charge is -2.21. The van der Waals surface area contributed by atoms with Gasteiger partial charge in [-0.3, -0.25) is 10.1 Å². The fourth-order valence-corrected chi connectivity index (χ4v) is 3.03. The van der Waals surface area contributed by atoms with Crippen LogP contribution in [0.25, 0.3) is 0 Å². The zero-order valence-electron chi connectivity index (χ0n) is 13.7. The number of hydrogen-bond acceptors (Lipinski definition) is 6. The summed E-state index contributed by atoms with van der Waals surface area (Å²) in [6.45, 7) is 3.90. The number of benzene rings is 1. The van der Waals surface area contributed by atoms with Gasteiger partial charge in [0.25, 0.3) is 5.69 Å². The SMILES string of the molecule is CC(C)(c1ccc([N+](=O)[O-])cc1)c1nc(C2(N)CCCC2)no1.Cl. The van der Waals surface area contributed by atoms with E-state index < -0.39 is 15.9 Å². The predicted molar refractivity (Wildman–Crippen MR) is 91.1 cm³/mol. The molecule has 0 spiro atoms. The molecule has 1 aliphatic carbocycles. The van der Waals surface area contributed by atoms with Gasteiger partial charge in [0.1, 0.15) is 0 Å². The molecule has 130 valence electrons. The van der Waals surface area contributed by atoms with Crippen molar-refractivity contribution >= 4 is 18.1 Å². The molecule has 1 fully saturated rings. The fraction of sp³-hybridized carbons (Fsp3) is 0.500. The lowest BCUT2D eigenvalue weighted by molar-refractivity contribution is -0.384. The first-order valence-corrected chi connectivity index (χ1v) is 7.71. The van der Waals surface area contributed by atoms with Crippen LogP contribution in [-0.4, -0.2) is 15.1 Å². The van der Waals surface area contributed by atoms with Crippen LogP contribution in [0.1, 0.15) is 56.8 Å². The molecule has 24 heavy (non-hydrogen) atoms. The molecule has 1 aromatic carbocycles. The number of nitro benzene ring substituents is 1. The van der Waals surface area contributed by atoms with Crippen LogP contribution in [-0.2, 0) is 11.0 Å². The Bertz CT molecular complexity index is 721. The van der Waals surface area contributed by atoms with E-state index in [1.54, 1.807) is 12.1 Å². The molecule has 0 amide bonds. The summed E-state index contributed by atoms with van der Waals surface area (Å²) >= 11 is 0. The minimum atomic E-state index is -0.546. The molecule has 0 atom stereocenters. The summed E-state index contributed by atoms with van der Waals surface area (Å²) in [5.74, 6) is 1.03. The van der Waals surface area contributed by atoms with Crippen molar-refractivity contribution in [3.8, 4) is 0 Å². The van der Waals surface area contributed by atoms with Crippen molar-refractivity contribution in [2.45, 2.75) is 50.5 Å². The molecule has 1 saturated carbocycles. The maximum Gasteiger partial charge on any atom is 0.269 e. The minimum Gasteiger partial charge on any atom is -0.338 e. The molecule has 3 rings (SSSR count). The highest BCUT2D eigenvalue weighted by atomic mass is 35.5. The van der Waals surface area contributed by atoms with Gasteiger partial charge in [-0.15, -0.1) is 12.4 Å². The largest absolute Gasteiger partial charge is 0.338 e. The average molecular weight is 353 g/mol. The Kier molecular flexibility index (Phi) is 4.96. The molecule has 2 aromatic rings. The van der Waals surface area contributed by atoms with E-state index in [0.29, 0.717) is 11.7 Å². The number of aromatic nitrogens is 2. The Hall–Kier alpha value is -1.99. The molecule has 0 bridgehead atoms. The van der Waals surface area contributed by atoms with Gasteiger partial charge in [0.15, 0.2) is 5.82 Å². The maximum atomic E-state index is 10.8. The third-order valence-electron chi connectivity index (χ3n) is 4.70. The summed E-state index contributed by atoms with van der Waals surface area (Å²) < 4.78 is 5.46. The lowest BCUT2D eigenvalue weighted by Crippen LogP contribution is -2.34. The quantitative estimate of drug-likeness (QED) is 0.666. The number of nitrogens with two attached hydrogens (primary N) is 1. The third kappa shape index (κ3) is 3.14. The van der Waals surface area contributed by atoms with Crippen LogP contribution in [0, 0.1) is 10.1 Å². The topological polar surface area (TPSA) is 108 Å². The standard InChI is InChI=1S/C16H20N4O3.ClH/c1-15(2,11-5-7-12(8-6-11)20(21)22)14-18-13(19-23-14)16(17)9-3-4-10-16;/h5-8H,3-4,9-10,17H2,1-2H3;1H. The van der Waals surface area contributed by atoms with E-state index in [-0.39, 0.29) is 18.1 Å². The van der Waals surface area contributed by atoms with Crippen LogP contribution in [0.15, 0.2) is 28.8 Å². The Morgan fingerprint density at radius 2 is 1.83 bits per heavy atom. The second-order valence-electron chi connectivity index (χ2n) is 6.72. The third-order valence-corrected chi connectivity index (χ3v) is 4.70. The monoisotopic (exact) mass is 352 g/mol. The molecule has 7 nitrogen and oxygen atoms in total. The first kappa shape index (κ1) is 18.4. The first-order chi connectivity index (χ1) is 10.8. The van der Waals surface area contributed by atoms with Crippen molar-refractivity contribution in [3.63, 3.8) is 0 Å². The number of non-ortho nitro benzene ring substituents is 1. The Morgan fingerprint density at radius 1 is 1.25 bits per heavy atom. The molecular weight excluding hydrogens is 332 g/mol. The summed E-state index contributed by atoms with van der Waals surface area (Å²) in [5.41, 5.74) is 6.26. The molecule has 8 heteroatoms. The van der Waals surface area contributed by atoms with Crippen LogP contribution < -0.4 is 5.73 Å². The zero-order chi connectivity index (χ0) is 16.7. The number of hydrogen-bond donors (Lipinski definition) is 1. The molecule has 2 N–H and O–H groups in total. The van der Waals surface area contributed by atoms with E-state index in [1.165, 1.54) is 12.1 Å². The van der Waals surface area contributed by atoms with Gasteiger partial charge in [0, 0.05) is 12.1 Å². The van der Waals surface area contributed by atoms with Crippen LogP contribution >= 0.6 is 12.4 Å². The van der Waals surface area contributed by atoms with Crippen molar-refractivity contribution in [3.05, 3.63) is 51.7 Å². The molecule has 1 heterocycles. The molecule has 0 radical (unpaired) electrons.